The molecular formula is C55H94NO8P. The maximum atomic E-state index is 12.2. The number of hydrogen-bond donors (Lipinski definition) is 3. The molecule has 2 atom stereocenters. The third-order valence-electron chi connectivity index (χ3n) is 10.5. The van der Waals surface area contributed by atoms with E-state index in [-0.39, 0.29) is 32.1 Å². The standard InChI is InChI=1S/C55H94NO8P/c1-3-5-7-9-11-13-15-17-19-21-23-25-26-28-30-32-34-36-38-40-42-44-46-48-55(59)62-51-53(57)52-64-65(60,61)63-50-49-56-54(58)47-45-43-41-39-37-35-33-31-29-27-24-22-20-18-16-14-12-10-8-6-4-2/h11-14,17-20,23-25,27-28,30-31,33,53,57H,3-10,15-16,21-22,26,29,32,34-52H2,1-2H3,(H,56,58)(H,60,61)/b13-11-,14-12-,19-17-,20-18-,25-23-,27-24-,30-28-,33-31-. The van der Waals surface area contributed by atoms with Gasteiger partial charge in [0.2, 0.25) is 5.91 Å². The van der Waals surface area contributed by atoms with Gasteiger partial charge >= 0.3 is 13.8 Å². The van der Waals surface area contributed by atoms with Crippen molar-refractivity contribution in [2.45, 2.75) is 213 Å². The molecule has 0 heterocycles. The molecule has 0 rings (SSSR count). The van der Waals surface area contributed by atoms with Gasteiger partial charge in [-0.15, -0.1) is 0 Å². The fourth-order valence-electron chi connectivity index (χ4n) is 6.58. The van der Waals surface area contributed by atoms with E-state index in [1.165, 1.54) is 70.6 Å². The minimum Gasteiger partial charge on any atom is -0.463 e. The number of hydrogen-bond acceptors (Lipinski definition) is 7. The van der Waals surface area contributed by atoms with Crippen LogP contribution in [0.1, 0.15) is 206 Å². The molecule has 0 spiro atoms. The predicted molar refractivity (Wildman–Crippen MR) is 275 cm³/mol. The van der Waals surface area contributed by atoms with Crippen molar-refractivity contribution in [1.82, 2.24) is 5.32 Å². The molecule has 0 aliphatic carbocycles. The summed E-state index contributed by atoms with van der Waals surface area (Å²) in [7, 11) is -4.44. The average Bonchev–Trinajstić information content (AvgIpc) is 3.29. The molecule has 0 radical (unpaired) electrons. The van der Waals surface area contributed by atoms with Crippen molar-refractivity contribution < 1.29 is 37.9 Å². The van der Waals surface area contributed by atoms with Crippen LogP contribution in [-0.4, -0.2) is 54.3 Å². The lowest BCUT2D eigenvalue weighted by Crippen LogP contribution is -2.27. The highest BCUT2D eigenvalue weighted by Crippen LogP contribution is 2.42. The minimum atomic E-state index is -4.44. The van der Waals surface area contributed by atoms with Crippen LogP contribution >= 0.6 is 7.82 Å². The highest BCUT2D eigenvalue weighted by atomic mass is 31.2. The third kappa shape index (κ3) is 51.8. The van der Waals surface area contributed by atoms with Gasteiger partial charge in [-0.3, -0.25) is 18.6 Å². The average molecular weight is 928 g/mol. The molecule has 2 unspecified atom stereocenters. The summed E-state index contributed by atoms with van der Waals surface area (Å²) < 4.78 is 27.0. The summed E-state index contributed by atoms with van der Waals surface area (Å²) in [4.78, 5) is 34.1. The number of nitrogens with one attached hydrogen (secondary N) is 1. The van der Waals surface area contributed by atoms with Gasteiger partial charge < -0.3 is 20.1 Å². The number of ether oxygens (including phenoxy) is 1. The van der Waals surface area contributed by atoms with Crippen LogP contribution in [0.25, 0.3) is 0 Å². The van der Waals surface area contributed by atoms with Crippen LogP contribution < -0.4 is 5.32 Å². The Balaban J connectivity index is 3.65. The van der Waals surface area contributed by atoms with E-state index in [4.69, 9.17) is 13.8 Å². The molecule has 1 amide bonds. The lowest BCUT2D eigenvalue weighted by atomic mass is 10.1. The Hall–Kier alpha value is -3.07. The zero-order valence-electron chi connectivity index (χ0n) is 41.1. The first kappa shape index (κ1) is 61.9. The van der Waals surface area contributed by atoms with Crippen LogP contribution in [0.15, 0.2) is 97.2 Å². The number of phosphoric acid groups is 1. The number of carbonyl (C=O) groups excluding carboxylic acids is 2. The van der Waals surface area contributed by atoms with Gasteiger partial charge in [0.15, 0.2) is 0 Å². The molecule has 10 heteroatoms. The highest BCUT2D eigenvalue weighted by Gasteiger charge is 2.23. The number of rotatable bonds is 47. The number of carbonyl (C=O) groups is 2. The molecule has 3 N–H and O–H groups in total. The first-order chi connectivity index (χ1) is 31.8. The Morgan fingerprint density at radius 1 is 0.477 bits per heavy atom. The molecule has 0 aromatic carbocycles. The van der Waals surface area contributed by atoms with Crippen LogP contribution in [0.4, 0.5) is 0 Å². The fourth-order valence-corrected chi connectivity index (χ4v) is 7.34. The molecule has 0 aromatic heterocycles. The third-order valence-corrected chi connectivity index (χ3v) is 11.5. The molecule has 0 saturated carbocycles. The summed E-state index contributed by atoms with van der Waals surface area (Å²) in [5.41, 5.74) is 0. The molecule has 0 saturated heterocycles. The normalized spacial score (nSPS) is 14.0. The first-order valence-corrected chi connectivity index (χ1v) is 27.2. The van der Waals surface area contributed by atoms with Crippen LogP contribution in [0, 0.1) is 0 Å². The molecule has 0 aliphatic heterocycles. The van der Waals surface area contributed by atoms with E-state index in [2.05, 4.69) is 116 Å². The maximum Gasteiger partial charge on any atom is 0.472 e. The second kappa shape index (κ2) is 50.3. The topological polar surface area (TPSA) is 131 Å². The number of esters is 1. The molecule has 0 bridgehead atoms. The fraction of sp³-hybridized carbons (Fsp3) is 0.673. The number of aliphatic hydroxyl groups is 1. The van der Waals surface area contributed by atoms with Crippen molar-refractivity contribution in [3.8, 4) is 0 Å². The molecule has 372 valence electrons. The van der Waals surface area contributed by atoms with Crippen LogP contribution in [0.2, 0.25) is 0 Å². The Kier molecular flexibility index (Phi) is 48.0. The molecule has 0 fully saturated rings. The Morgan fingerprint density at radius 2 is 0.831 bits per heavy atom. The Morgan fingerprint density at radius 3 is 1.25 bits per heavy atom. The predicted octanol–water partition coefficient (Wildman–Crippen LogP) is 15.3. The van der Waals surface area contributed by atoms with Gasteiger partial charge in [-0.25, -0.2) is 4.57 Å². The summed E-state index contributed by atoms with van der Waals surface area (Å²) in [6.07, 6.45) is 66.2. The highest BCUT2D eigenvalue weighted by molar-refractivity contribution is 7.47. The summed E-state index contributed by atoms with van der Waals surface area (Å²) in [5, 5.41) is 12.7. The number of unbranched alkanes of at least 4 members (excludes halogenated alkanes) is 18. The van der Waals surface area contributed by atoms with E-state index in [9.17, 15) is 24.2 Å². The molecular weight excluding hydrogens is 834 g/mol. The summed E-state index contributed by atoms with van der Waals surface area (Å²) in [6.45, 7) is 3.46. The minimum absolute atomic E-state index is 0.0642. The van der Waals surface area contributed by atoms with Crippen molar-refractivity contribution in [3.05, 3.63) is 97.2 Å². The van der Waals surface area contributed by atoms with Gasteiger partial charge in [0, 0.05) is 19.4 Å². The summed E-state index contributed by atoms with van der Waals surface area (Å²) >= 11 is 0. The van der Waals surface area contributed by atoms with Crippen LogP contribution in [-0.2, 0) is 27.9 Å². The quantitative estimate of drug-likeness (QED) is 0.0238. The summed E-state index contributed by atoms with van der Waals surface area (Å²) in [6, 6.07) is 0. The molecule has 9 nitrogen and oxygen atoms in total. The van der Waals surface area contributed by atoms with Gasteiger partial charge in [-0.2, -0.15) is 0 Å². The van der Waals surface area contributed by atoms with E-state index < -0.39 is 26.5 Å². The van der Waals surface area contributed by atoms with E-state index >= 15 is 0 Å². The second-order valence-electron chi connectivity index (χ2n) is 16.8. The van der Waals surface area contributed by atoms with Crippen molar-refractivity contribution in [2.75, 3.05) is 26.4 Å². The summed E-state index contributed by atoms with van der Waals surface area (Å²) in [5.74, 6) is -0.550. The number of amides is 1. The van der Waals surface area contributed by atoms with Gasteiger partial charge in [-0.1, -0.05) is 188 Å². The number of phosphoric ester groups is 1. The van der Waals surface area contributed by atoms with E-state index in [1.807, 2.05) is 0 Å². The first-order valence-electron chi connectivity index (χ1n) is 25.7. The van der Waals surface area contributed by atoms with Crippen molar-refractivity contribution in [2.24, 2.45) is 0 Å². The number of allylic oxidation sites excluding steroid dienone is 16. The monoisotopic (exact) mass is 928 g/mol. The second-order valence-corrected chi connectivity index (χ2v) is 18.2. The van der Waals surface area contributed by atoms with Gasteiger partial charge in [0.25, 0.3) is 0 Å². The SMILES string of the molecule is CCCCC/C=C\C/C=C\C/C=C\C/C=C\CCCCCCCCCC(=O)OCC(O)COP(=O)(O)OCCNC(=O)CCCCCCC/C=C\C/C=C\C/C=C\C/C=C\CCCCC. The van der Waals surface area contributed by atoms with Gasteiger partial charge in [-0.05, 0) is 103 Å². The van der Waals surface area contributed by atoms with Crippen molar-refractivity contribution in [1.29, 1.82) is 0 Å². The lowest BCUT2D eigenvalue weighted by Gasteiger charge is -2.15. The Bertz CT molecular complexity index is 1380. The van der Waals surface area contributed by atoms with Crippen molar-refractivity contribution in [3.63, 3.8) is 0 Å². The van der Waals surface area contributed by atoms with E-state index in [0.717, 1.165) is 109 Å². The largest absolute Gasteiger partial charge is 0.472 e. The van der Waals surface area contributed by atoms with Crippen molar-refractivity contribution >= 4 is 19.7 Å². The lowest BCUT2D eigenvalue weighted by molar-refractivity contribution is -0.147. The molecule has 0 aliphatic rings. The van der Waals surface area contributed by atoms with Crippen LogP contribution in [0.5, 0.6) is 0 Å². The zero-order valence-corrected chi connectivity index (χ0v) is 42.0. The van der Waals surface area contributed by atoms with Gasteiger partial charge in [0.1, 0.15) is 12.7 Å². The Labute approximate surface area is 397 Å². The smallest absolute Gasteiger partial charge is 0.463 e. The van der Waals surface area contributed by atoms with Gasteiger partial charge in [0.05, 0.1) is 13.2 Å². The van der Waals surface area contributed by atoms with E-state index in [0.29, 0.717) is 6.42 Å². The zero-order chi connectivity index (χ0) is 47.4. The molecule has 65 heavy (non-hydrogen) atoms. The maximum absolute atomic E-state index is 12.2. The van der Waals surface area contributed by atoms with Crippen LogP contribution in [0.3, 0.4) is 0 Å². The molecule has 0 aromatic rings. The number of aliphatic hydroxyl groups excluding tert-OH is 1. The van der Waals surface area contributed by atoms with E-state index in [1.54, 1.807) is 0 Å².